The van der Waals surface area contributed by atoms with E-state index in [4.69, 9.17) is 9.84 Å². The first kappa shape index (κ1) is 54.0. The number of aliphatic carboxylic acids is 1. The molecule has 0 saturated heterocycles. The topological polar surface area (TPSA) is 124 Å². The highest BCUT2D eigenvalue weighted by Crippen LogP contribution is 2.42. The van der Waals surface area contributed by atoms with Gasteiger partial charge in [-0.1, -0.05) is 198 Å². The van der Waals surface area contributed by atoms with Crippen LogP contribution in [0.25, 0.3) is 0 Å². The van der Waals surface area contributed by atoms with Gasteiger partial charge in [0.2, 0.25) is 0 Å². The van der Waals surface area contributed by atoms with Crippen LogP contribution < -0.4 is 0 Å². The smallest absolute Gasteiger partial charge is 0.308 e. The molecule has 4 N–H and O–H groups in total. The lowest BCUT2D eigenvalue weighted by molar-refractivity contribution is -0.146. The monoisotopic (exact) mass is 825 g/mol. The van der Waals surface area contributed by atoms with E-state index in [1.165, 1.54) is 89.9 Å². The molecule has 2 aromatic carbocycles. The van der Waals surface area contributed by atoms with Crippen molar-refractivity contribution in [2.24, 2.45) is 0 Å². The first-order valence-corrected chi connectivity index (χ1v) is 23.1. The van der Waals surface area contributed by atoms with Gasteiger partial charge in [-0.3, -0.25) is 9.59 Å². The molecule has 0 heterocycles. The summed E-state index contributed by atoms with van der Waals surface area (Å²) in [6.07, 6.45) is 20.6. The number of carbonyl (C=O) groups excluding carboxylic acids is 1. The number of rotatable bonds is 23. The van der Waals surface area contributed by atoms with Crippen molar-refractivity contribution in [1.29, 1.82) is 0 Å². The predicted molar refractivity (Wildman–Crippen MR) is 247 cm³/mol. The maximum Gasteiger partial charge on any atom is 0.308 e. The van der Waals surface area contributed by atoms with Crippen LogP contribution in [-0.2, 0) is 42.4 Å². The Morgan fingerprint density at radius 3 is 1.19 bits per heavy atom. The molecule has 338 valence electrons. The number of aromatic hydroxyl groups is 2. The van der Waals surface area contributed by atoms with Crippen LogP contribution in [-0.4, -0.2) is 39.0 Å². The Bertz CT molecular complexity index is 1460. The van der Waals surface area contributed by atoms with Gasteiger partial charge in [-0.15, -0.1) is 0 Å². The van der Waals surface area contributed by atoms with E-state index in [9.17, 15) is 24.9 Å². The highest BCUT2D eigenvalue weighted by molar-refractivity contribution is 5.70. The number of hydrogen-bond donors (Lipinski definition) is 4. The minimum absolute atomic E-state index is 0.0726. The molecule has 1 unspecified atom stereocenters. The van der Waals surface area contributed by atoms with Gasteiger partial charge < -0.3 is 25.2 Å². The SMILES string of the molecule is CC(C)(C)c1cc(CCC(=O)O)cc(C(C)(C)C)c1O.CCCCCCCCCCCCCCCCCCOC(=O)CC(O)c1cc(C(C)(C)C)c(O)c(C(C)(C)C)c1. The van der Waals surface area contributed by atoms with Crippen LogP contribution in [0.1, 0.15) is 245 Å². The lowest BCUT2D eigenvalue weighted by Gasteiger charge is -2.29. The minimum Gasteiger partial charge on any atom is -0.507 e. The van der Waals surface area contributed by atoms with Gasteiger partial charge in [0.05, 0.1) is 19.1 Å². The van der Waals surface area contributed by atoms with Crippen LogP contribution in [0, 0.1) is 0 Å². The summed E-state index contributed by atoms with van der Waals surface area (Å²) in [6, 6.07) is 7.54. The number of ether oxygens (including phenoxy) is 1. The van der Waals surface area contributed by atoms with Crippen molar-refractivity contribution in [3.8, 4) is 11.5 Å². The van der Waals surface area contributed by atoms with E-state index in [1.807, 2.05) is 65.8 Å². The second kappa shape index (κ2) is 25.7. The summed E-state index contributed by atoms with van der Waals surface area (Å²) in [7, 11) is 0. The summed E-state index contributed by atoms with van der Waals surface area (Å²) in [5.41, 5.74) is 4.03. The summed E-state index contributed by atoms with van der Waals surface area (Å²) in [5.74, 6) is -0.556. The molecule has 0 aliphatic rings. The number of aliphatic hydroxyl groups is 1. The van der Waals surface area contributed by atoms with Crippen molar-refractivity contribution < 1.29 is 34.8 Å². The number of carboxylic acid groups (broad SMARTS) is 1. The Labute approximate surface area is 361 Å². The number of hydrogen-bond acceptors (Lipinski definition) is 6. The van der Waals surface area contributed by atoms with Crippen molar-refractivity contribution in [1.82, 2.24) is 0 Å². The number of esters is 1. The number of phenolic OH excluding ortho intramolecular Hbond substituents is 2. The number of carboxylic acids is 1. The van der Waals surface area contributed by atoms with Gasteiger partial charge >= 0.3 is 11.9 Å². The van der Waals surface area contributed by atoms with Gasteiger partial charge in [0.1, 0.15) is 11.5 Å². The molecule has 0 aliphatic heterocycles. The Hall–Kier alpha value is -3.06. The van der Waals surface area contributed by atoms with Crippen LogP contribution in [0.3, 0.4) is 0 Å². The predicted octanol–water partition coefficient (Wildman–Crippen LogP) is 14.2. The number of carbonyl (C=O) groups is 2. The molecule has 2 aromatic rings. The standard InChI is InChI=1S/C35H62O4.C17H26O3/c1-8-9-10-11-12-13-14-15-16-17-18-19-20-21-22-23-24-39-32(37)27-31(36)28-25-29(34(2,3)4)33(38)30(26-28)35(5,6)7;1-16(2,3)12-9-11(7-8-14(18)19)10-13(15(12)20)17(4,5)6/h25-26,31,36,38H,8-24,27H2,1-7H3;9-10,20H,7-8H2,1-6H3,(H,18,19). The van der Waals surface area contributed by atoms with E-state index < -0.39 is 12.1 Å². The Morgan fingerprint density at radius 1 is 0.542 bits per heavy atom. The molecule has 2 rings (SSSR count). The molecule has 0 aliphatic carbocycles. The van der Waals surface area contributed by atoms with E-state index in [1.54, 1.807) is 0 Å². The van der Waals surface area contributed by atoms with Crippen molar-refractivity contribution in [3.63, 3.8) is 0 Å². The third-order valence-corrected chi connectivity index (χ3v) is 11.2. The third-order valence-electron chi connectivity index (χ3n) is 11.2. The molecule has 1 atom stereocenters. The number of phenols is 2. The molecule has 59 heavy (non-hydrogen) atoms. The number of aryl methyl sites for hydroxylation is 1. The fourth-order valence-electron chi connectivity index (χ4n) is 7.40. The first-order chi connectivity index (χ1) is 27.3. The Morgan fingerprint density at radius 2 is 0.864 bits per heavy atom. The van der Waals surface area contributed by atoms with Gasteiger partial charge in [-0.05, 0) is 80.0 Å². The van der Waals surface area contributed by atoms with Crippen molar-refractivity contribution in [2.75, 3.05) is 6.61 Å². The average Bonchev–Trinajstić information content (AvgIpc) is 3.10. The molecule has 0 aromatic heterocycles. The maximum absolute atomic E-state index is 12.4. The van der Waals surface area contributed by atoms with Crippen LogP contribution in [0.4, 0.5) is 0 Å². The fraction of sp³-hybridized carbons (Fsp3) is 0.731. The molecule has 0 saturated carbocycles. The lowest BCUT2D eigenvalue weighted by atomic mass is 9.78. The maximum atomic E-state index is 12.4. The molecule has 7 heteroatoms. The third kappa shape index (κ3) is 21.3. The highest BCUT2D eigenvalue weighted by Gasteiger charge is 2.29. The van der Waals surface area contributed by atoms with Gasteiger partial charge in [0.15, 0.2) is 0 Å². The van der Waals surface area contributed by atoms with Crippen LogP contribution in [0.2, 0.25) is 0 Å². The summed E-state index contributed by atoms with van der Waals surface area (Å²) < 4.78 is 5.42. The van der Waals surface area contributed by atoms with Crippen molar-refractivity contribution >= 4 is 11.9 Å². The van der Waals surface area contributed by atoms with Crippen LogP contribution >= 0.6 is 0 Å². The molecular weight excluding hydrogens is 737 g/mol. The molecule has 0 amide bonds. The molecule has 0 radical (unpaired) electrons. The van der Waals surface area contributed by atoms with E-state index in [-0.39, 0.29) is 46.2 Å². The second-order valence-electron chi connectivity index (χ2n) is 21.1. The number of benzene rings is 2. The lowest BCUT2D eigenvalue weighted by Crippen LogP contribution is -2.19. The average molecular weight is 825 g/mol. The zero-order valence-electron chi connectivity index (χ0n) is 40.0. The van der Waals surface area contributed by atoms with Crippen LogP contribution in [0.5, 0.6) is 11.5 Å². The molecule has 0 bridgehead atoms. The number of unbranched alkanes of at least 4 members (excludes halogenated alkanes) is 15. The Kier molecular flexibility index (Phi) is 23.5. The summed E-state index contributed by atoms with van der Waals surface area (Å²) in [6.45, 7) is 27.2. The zero-order valence-corrected chi connectivity index (χ0v) is 40.0. The largest absolute Gasteiger partial charge is 0.507 e. The summed E-state index contributed by atoms with van der Waals surface area (Å²) >= 11 is 0. The quantitative estimate of drug-likeness (QED) is 0.0650. The Balaban J connectivity index is 0.000000727. The van der Waals surface area contributed by atoms with E-state index in [0.717, 1.165) is 40.7 Å². The second-order valence-corrected chi connectivity index (χ2v) is 21.1. The van der Waals surface area contributed by atoms with Gasteiger partial charge in [-0.25, -0.2) is 0 Å². The van der Waals surface area contributed by atoms with Gasteiger partial charge in [0, 0.05) is 6.42 Å². The van der Waals surface area contributed by atoms with E-state index >= 15 is 0 Å². The highest BCUT2D eigenvalue weighted by atomic mass is 16.5. The number of aliphatic hydroxyl groups excluding tert-OH is 1. The van der Waals surface area contributed by atoms with Crippen molar-refractivity contribution in [3.05, 3.63) is 57.6 Å². The first-order valence-electron chi connectivity index (χ1n) is 23.1. The molecular formula is C52H88O7. The molecule has 0 spiro atoms. The van der Waals surface area contributed by atoms with Gasteiger partial charge in [-0.2, -0.15) is 0 Å². The molecule has 7 nitrogen and oxygen atoms in total. The van der Waals surface area contributed by atoms with E-state index in [0.29, 0.717) is 24.3 Å². The van der Waals surface area contributed by atoms with Crippen molar-refractivity contribution in [2.45, 2.75) is 240 Å². The molecule has 0 fully saturated rings. The normalized spacial score (nSPS) is 12.8. The zero-order chi connectivity index (χ0) is 45.0. The fourth-order valence-corrected chi connectivity index (χ4v) is 7.40. The summed E-state index contributed by atoms with van der Waals surface area (Å²) in [5, 5.41) is 41.1. The minimum atomic E-state index is -0.953. The summed E-state index contributed by atoms with van der Waals surface area (Å²) in [4.78, 5) is 23.1. The van der Waals surface area contributed by atoms with E-state index in [2.05, 4.69) is 48.5 Å². The van der Waals surface area contributed by atoms with Crippen LogP contribution in [0.15, 0.2) is 24.3 Å². The van der Waals surface area contributed by atoms with Gasteiger partial charge in [0.25, 0.3) is 0 Å².